The maximum atomic E-state index is 10.3. The summed E-state index contributed by atoms with van der Waals surface area (Å²) in [5.74, 6) is -1.53. The third-order valence-corrected chi connectivity index (χ3v) is 3.95. The molecule has 4 N–H and O–H groups in total. The van der Waals surface area contributed by atoms with E-state index in [1.807, 2.05) is 0 Å². The van der Waals surface area contributed by atoms with Gasteiger partial charge in [-0.1, -0.05) is 6.92 Å². The maximum Gasteiger partial charge on any atom is 0.220 e. The minimum Gasteiger partial charge on any atom is -0.391 e. The van der Waals surface area contributed by atoms with Gasteiger partial charge in [0.1, 0.15) is 24.2 Å². The largest absolute Gasteiger partial charge is 0.391 e. The van der Waals surface area contributed by atoms with Gasteiger partial charge in [-0.2, -0.15) is 0 Å². The molecule has 0 unspecified atom stereocenters. The molecule has 114 valence electrons. The SMILES string of the molecule is CO[C@]1(CO)O[C@H](n2cnc3c(N)ncnc32)[C@@H](C)[C@@H]1O. The Labute approximate surface area is 120 Å². The van der Waals surface area contributed by atoms with E-state index in [-0.39, 0.29) is 11.7 Å². The number of hydrogen-bond acceptors (Lipinski definition) is 8. The molecule has 0 bridgehead atoms. The molecule has 1 fully saturated rings. The molecule has 1 saturated heterocycles. The summed E-state index contributed by atoms with van der Waals surface area (Å²) in [6.45, 7) is 1.33. The highest BCUT2D eigenvalue weighted by molar-refractivity contribution is 5.81. The molecule has 1 aliphatic rings. The fourth-order valence-electron chi connectivity index (χ4n) is 2.67. The molecule has 3 rings (SSSR count). The molecular formula is C12H17N5O4. The fraction of sp³-hybridized carbons (Fsp3) is 0.583. The van der Waals surface area contributed by atoms with Gasteiger partial charge in [-0.05, 0) is 0 Å². The van der Waals surface area contributed by atoms with Gasteiger partial charge in [-0.3, -0.25) is 4.57 Å². The molecule has 4 atom stereocenters. The van der Waals surface area contributed by atoms with Crippen LogP contribution in [-0.4, -0.2) is 55.3 Å². The third-order valence-electron chi connectivity index (χ3n) is 3.95. The van der Waals surface area contributed by atoms with Crippen LogP contribution < -0.4 is 5.73 Å². The van der Waals surface area contributed by atoms with E-state index in [1.54, 1.807) is 11.5 Å². The van der Waals surface area contributed by atoms with Gasteiger partial charge >= 0.3 is 0 Å². The van der Waals surface area contributed by atoms with Gasteiger partial charge < -0.3 is 25.4 Å². The van der Waals surface area contributed by atoms with Gasteiger partial charge in [0.2, 0.25) is 5.79 Å². The summed E-state index contributed by atoms with van der Waals surface area (Å²) in [6.07, 6.45) is 1.27. The number of anilines is 1. The van der Waals surface area contributed by atoms with Crippen LogP contribution in [0.4, 0.5) is 5.82 Å². The molecule has 0 spiro atoms. The number of nitrogens with two attached hydrogens (primary N) is 1. The maximum absolute atomic E-state index is 10.3. The number of aliphatic hydroxyl groups excluding tert-OH is 2. The van der Waals surface area contributed by atoms with E-state index in [1.165, 1.54) is 19.8 Å². The fourth-order valence-corrected chi connectivity index (χ4v) is 2.67. The topological polar surface area (TPSA) is 129 Å². The Balaban J connectivity index is 2.06. The van der Waals surface area contributed by atoms with Crippen molar-refractivity contribution < 1.29 is 19.7 Å². The van der Waals surface area contributed by atoms with Crippen LogP contribution >= 0.6 is 0 Å². The summed E-state index contributed by atoms with van der Waals surface area (Å²) < 4.78 is 12.6. The molecule has 2 aromatic rings. The number of rotatable bonds is 3. The van der Waals surface area contributed by atoms with E-state index in [0.29, 0.717) is 11.2 Å². The Hall–Kier alpha value is -1.81. The normalized spacial score (nSPS) is 32.9. The number of nitrogens with zero attached hydrogens (tertiary/aromatic N) is 4. The molecule has 0 amide bonds. The van der Waals surface area contributed by atoms with Crippen molar-refractivity contribution in [3.63, 3.8) is 0 Å². The van der Waals surface area contributed by atoms with Crippen molar-refractivity contribution in [2.45, 2.75) is 25.0 Å². The van der Waals surface area contributed by atoms with Gasteiger partial charge in [-0.15, -0.1) is 0 Å². The number of aromatic nitrogens is 4. The lowest BCUT2D eigenvalue weighted by Gasteiger charge is -2.28. The van der Waals surface area contributed by atoms with Crippen LogP contribution in [0.15, 0.2) is 12.7 Å². The zero-order chi connectivity index (χ0) is 15.2. The molecule has 1 aliphatic heterocycles. The first-order valence-electron chi connectivity index (χ1n) is 6.49. The second-order valence-electron chi connectivity index (χ2n) is 5.07. The first-order valence-corrected chi connectivity index (χ1v) is 6.49. The average molecular weight is 295 g/mol. The number of methoxy groups -OCH3 is 1. The lowest BCUT2D eigenvalue weighted by atomic mass is 10.00. The van der Waals surface area contributed by atoms with Gasteiger partial charge in [0, 0.05) is 13.0 Å². The Morgan fingerprint density at radius 2 is 2.24 bits per heavy atom. The highest BCUT2D eigenvalue weighted by Crippen LogP contribution is 2.42. The molecule has 21 heavy (non-hydrogen) atoms. The predicted octanol–water partition coefficient (Wildman–Crippen LogP) is -0.731. The van der Waals surface area contributed by atoms with Gasteiger partial charge in [0.25, 0.3) is 0 Å². The van der Waals surface area contributed by atoms with Gasteiger partial charge in [-0.25, -0.2) is 15.0 Å². The van der Waals surface area contributed by atoms with Crippen LogP contribution in [0, 0.1) is 5.92 Å². The van der Waals surface area contributed by atoms with Gasteiger partial charge in [0.05, 0.1) is 12.9 Å². The molecule has 2 aromatic heterocycles. The molecule has 9 nitrogen and oxygen atoms in total. The van der Waals surface area contributed by atoms with Crippen molar-refractivity contribution in [1.29, 1.82) is 0 Å². The molecule has 0 saturated carbocycles. The summed E-state index contributed by atoms with van der Waals surface area (Å²) in [6, 6.07) is 0. The summed E-state index contributed by atoms with van der Waals surface area (Å²) in [5.41, 5.74) is 6.71. The van der Waals surface area contributed by atoms with E-state index in [0.717, 1.165) is 0 Å². The van der Waals surface area contributed by atoms with Crippen molar-refractivity contribution in [3.8, 4) is 0 Å². The number of imidazole rings is 1. The number of ether oxygens (including phenoxy) is 2. The monoisotopic (exact) mass is 295 g/mol. The highest BCUT2D eigenvalue weighted by atomic mass is 16.7. The molecule has 3 heterocycles. The summed E-state index contributed by atoms with van der Waals surface area (Å²) in [7, 11) is 1.38. The van der Waals surface area contributed by atoms with Crippen molar-refractivity contribution >= 4 is 17.0 Å². The summed E-state index contributed by atoms with van der Waals surface area (Å²) in [5, 5.41) is 19.8. The number of aliphatic hydroxyl groups is 2. The average Bonchev–Trinajstić information content (AvgIpc) is 3.02. The lowest BCUT2D eigenvalue weighted by Crippen LogP contribution is -2.46. The number of nitrogen functional groups attached to an aromatic ring is 1. The Morgan fingerprint density at radius 1 is 1.48 bits per heavy atom. The highest BCUT2D eigenvalue weighted by Gasteiger charge is 2.54. The third kappa shape index (κ3) is 1.89. The van der Waals surface area contributed by atoms with Crippen LogP contribution in [0.5, 0.6) is 0 Å². The molecular weight excluding hydrogens is 278 g/mol. The van der Waals surface area contributed by atoms with E-state index in [4.69, 9.17) is 15.2 Å². The zero-order valence-corrected chi connectivity index (χ0v) is 11.7. The first-order chi connectivity index (χ1) is 10.0. The van der Waals surface area contributed by atoms with Crippen LogP contribution in [0.2, 0.25) is 0 Å². The van der Waals surface area contributed by atoms with Crippen LogP contribution in [0.25, 0.3) is 11.2 Å². The van der Waals surface area contributed by atoms with E-state index in [2.05, 4.69) is 15.0 Å². The lowest BCUT2D eigenvalue weighted by molar-refractivity contribution is -0.269. The minimum atomic E-state index is -1.46. The summed E-state index contributed by atoms with van der Waals surface area (Å²) in [4.78, 5) is 12.2. The Kier molecular flexibility index (Phi) is 3.29. The predicted molar refractivity (Wildman–Crippen MR) is 71.9 cm³/mol. The van der Waals surface area contributed by atoms with Crippen molar-refractivity contribution in [2.75, 3.05) is 19.5 Å². The molecule has 0 aliphatic carbocycles. The summed E-state index contributed by atoms with van der Waals surface area (Å²) >= 11 is 0. The van der Waals surface area contributed by atoms with Crippen LogP contribution in [0.3, 0.4) is 0 Å². The molecule has 0 radical (unpaired) electrons. The van der Waals surface area contributed by atoms with E-state index in [9.17, 15) is 10.2 Å². The van der Waals surface area contributed by atoms with Gasteiger partial charge in [0.15, 0.2) is 11.5 Å². The second-order valence-corrected chi connectivity index (χ2v) is 5.07. The molecule has 9 heteroatoms. The standard InChI is InChI=1S/C12H17N5O4/c1-6-8(19)12(3-18,20-2)21-11(6)17-5-16-7-9(13)14-4-15-10(7)17/h4-6,8,11,18-19H,3H2,1-2H3,(H2,13,14,15)/t6-,8-,11-,12+/m0/s1. The zero-order valence-electron chi connectivity index (χ0n) is 11.7. The Morgan fingerprint density at radius 3 is 2.86 bits per heavy atom. The minimum absolute atomic E-state index is 0.269. The van der Waals surface area contributed by atoms with Crippen molar-refractivity contribution in [1.82, 2.24) is 19.5 Å². The quantitative estimate of drug-likeness (QED) is 0.676. The van der Waals surface area contributed by atoms with Crippen LogP contribution in [0.1, 0.15) is 13.2 Å². The Bertz CT molecular complexity index is 656. The van der Waals surface area contributed by atoms with Crippen molar-refractivity contribution in [2.24, 2.45) is 5.92 Å². The van der Waals surface area contributed by atoms with Crippen molar-refractivity contribution in [3.05, 3.63) is 12.7 Å². The first kappa shape index (κ1) is 14.1. The number of fused-ring (bicyclic) bond motifs is 1. The number of hydrogen-bond donors (Lipinski definition) is 3. The van der Waals surface area contributed by atoms with E-state index >= 15 is 0 Å². The van der Waals surface area contributed by atoms with Crippen LogP contribution in [-0.2, 0) is 9.47 Å². The second kappa shape index (κ2) is 4.88. The smallest absolute Gasteiger partial charge is 0.220 e. The molecule has 0 aromatic carbocycles. The van der Waals surface area contributed by atoms with E-state index < -0.39 is 24.7 Å².